The normalized spacial score (nSPS) is 19.5. The number of rotatable bonds is 2. The van der Waals surface area contributed by atoms with E-state index in [-0.39, 0.29) is 5.57 Å². The van der Waals surface area contributed by atoms with E-state index >= 15 is 0 Å². The van der Waals surface area contributed by atoms with E-state index in [0.717, 1.165) is 0 Å². The van der Waals surface area contributed by atoms with Crippen molar-refractivity contribution in [3.8, 4) is 6.07 Å². The standard InChI is InChI=1S/C18H14N2O2/c1-22-17(21)15-16(20)13-9-5-6-10-14(13)18(15,11-19)12-7-3-2-4-8-12/h2-10H,20H2,1H3/t18-/m0/s1. The fourth-order valence-corrected chi connectivity index (χ4v) is 3.05. The van der Waals surface area contributed by atoms with Crippen LogP contribution in [0.15, 0.2) is 60.2 Å². The lowest BCUT2D eigenvalue weighted by Gasteiger charge is -2.25. The first kappa shape index (κ1) is 13.9. The van der Waals surface area contributed by atoms with Gasteiger partial charge in [-0.25, -0.2) is 4.79 Å². The van der Waals surface area contributed by atoms with Crippen molar-refractivity contribution in [2.75, 3.05) is 7.11 Å². The summed E-state index contributed by atoms with van der Waals surface area (Å²) in [7, 11) is 1.29. The second-order valence-electron chi connectivity index (χ2n) is 5.05. The summed E-state index contributed by atoms with van der Waals surface area (Å²) in [5.74, 6) is -0.584. The SMILES string of the molecule is COC(=O)C1=C(N)c2ccccc2[C@]1(C#N)c1ccccc1. The van der Waals surface area contributed by atoms with Crippen LogP contribution in [-0.2, 0) is 14.9 Å². The molecule has 1 aliphatic rings. The van der Waals surface area contributed by atoms with E-state index < -0.39 is 11.4 Å². The number of nitriles is 1. The summed E-state index contributed by atoms with van der Waals surface area (Å²) in [4.78, 5) is 12.3. The van der Waals surface area contributed by atoms with Crippen molar-refractivity contribution in [1.29, 1.82) is 5.26 Å². The monoisotopic (exact) mass is 290 g/mol. The highest BCUT2D eigenvalue weighted by atomic mass is 16.5. The third-order valence-electron chi connectivity index (χ3n) is 4.03. The number of fused-ring (bicyclic) bond motifs is 1. The van der Waals surface area contributed by atoms with E-state index in [1.54, 1.807) is 0 Å². The molecule has 0 saturated heterocycles. The average Bonchev–Trinajstić information content (AvgIpc) is 2.85. The quantitative estimate of drug-likeness (QED) is 0.861. The molecule has 0 amide bonds. The molecular weight excluding hydrogens is 276 g/mol. The second kappa shape index (κ2) is 5.05. The van der Waals surface area contributed by atoms with Crippen LogP contribution in [0.2, 0.25) is 0 Å². The molecule has 1 aliphatic carbocycles. The Hall–Kier alpha value is -3.06. The van der Waals surface area contributed by atoms with Crippen molar-refractivity contribution >= 4 is 11.7 Å². The first-order chi connectivity index (χ1) is 10.7. The van der Waals surface area contributed by atoms with Crippen LogP contribution in [0.5, 0.6) is 0 Å². The molecule has 2 aromatic carbocycles. The van der Waals surface area contributed by atoms with E-state index in [1.165, 1.54) is 7.11 Å². The molecule has 2 N–H and O–H groups in total. The molecule has 0 unspecified atom stereocenters. The maximum atomic E-state index is 12.3. The van der Waals surface area contributed by atoms with Gasteiger partial charge in [-0.2, -0.15) is 5.26 Å². The predicted molar refractivity (Wildman–Crippen MR) is 82.4 cm³/mol. The number of hydrogen-bond acceptors (Lipinski definition) is 4. The fourth-order valence-electron chi connectivity index (χ4n) is 3.05. The first-order valence-electron chi connectivity index (χ1n) is 6.82. The summed E-state index contributed by atoms with van der Waals surface area (Å²) < 4.78 is 4.89. The second-order valence-corrected chi connectivity index (χ2v) is 5.05. The van der Waals surface area contributed by atoms with Crippen molar-refractivity contribution in [3.05, 3.63) is 76.9 Å². The van der Waals surface area contributed by atoms with Crippen LogP contribution >= 0.6 is 0 Å². The molecule has 2 aromatic rings. The summed E-state index contributed by atoms with van der Waals surface area (Å²) >= 11 is 0. The number of nitrogens with two attached hydrogens (primary N) is 1. The Bertz CT molecular complexity index is 818. The lowest BCUT2D eigenvalue weighted by atomic mass is 9.73. The molecule has 1 atom stereocenters. The van der Waals surface area contributed by atoms with Crippen LogP contribution in [-0.4, -0.2) is 13.1 Å². The summed E-state index contributed by atoms with van der Waals surface area (Å²) in [5, 5.41) is 10.0. The van der Waals surface area contributed by atoms with Crippen LogP contribution in [0.1, 0.15) is 16.7 Å². The van der Waals surface area contributed by atoms with Gasteiger partial charge in [0.05, 0.1) is 24.4 Å². The third kappa shape index (κ3) is 1.66. The Morgan fingerprint density at radius 3 is 2.41 bits per heavy atom. The first-order valence-corrected chi connectivity index (χ1v) is 6.82. The molecule has 0 bridgehead atoms. The van der Waals surface area contributed by atoms with Crippen molar-refractivity contribution in [3.63, 3.8) is 0 Å². The Kier molecular flexibility index (Phi) is 3.19. The molecule has 0 fully saturated rings. The van der Waals surface area contributed by atoms with E-state index in [0.29, 0.717) is 22.4 Å². The van der Waals surface area contributed by atoms with Gasteiger partial charge < -0.3 is 10.5 Å². The van der Waals surface area contributed by atoms with E-state index in [1.807, 2.05) is 54.6 Å². The number of nitrogens with zero attached hydrogens (tertiary/aromatic N) is 1. The molecule has 3 rings (SSSR count). The van der Waals surface area contributed by atoms with Gasteiger partial charge in [0, 0.05) is 5.56 Å². The van der Waals surface area contributed by atoms with Crippen molar-refractivity contribution in [2.24, 2.45) is 5.73 Å². The molecule has 0 spiro atoms. The Morgan fingerprint density at radius 2 is 1.77 bits per heavy atom. The maximum Gasteiger partial charge on any atom is 0.338 e. The maximum absolute atomic E-state index is 12.3. The van der Waals surface area contributed by atoms with Gasteiger partial charge in [-0.3, -0.25) is 0 Å². The Balaban J connectivity index is 2.41. The Labute approximate surface area is 128 Å². The van der Waals surface area contributed by atoms with Gasteiger partial charge in [-0.05, 0) is 11.1 Å². The Morgan fingerprint density at radius 1 is 1.14 bits per heavy atom. The summed E-state index contributed by atoms with van der Waals surface area (Å²) in [6, 6.07) is 18.8. The van der Waals surface area contributed by atoms with Crippen molar-refractivity contribution in [1.82, 2.24) is 0 Å². The number of benzene rings is 2. The number of hydrogen-bond donors (Lipinski definition) is 1. The number of carbonyl (C=O) groups excluding carboxylic acids is 1. The van der Waals surface area contributed by atoms with E-state index in [2.05, 4.69) is 6.07 Å². The highest BCUT2D eigenvalue weighted by molar-refractivity contribution is 6.05. The molecule has 0 saturated carbocycles. The lowest BCUT2D eigenvalue weighted by Crippen LogP contribution is -2.31. The van der Waals surface area contributed by atoms with E-state index in [9.17, 15) is 10.1 Å². The average molecular weight is 290 g/mol. The minimum Gasteiger partial charge on any atom is -0.466 e. The van der Waals surface area contributed by atoms with Gasteiger partial charge in [0.2, 0.25) is 0 Å². The highest BCUT2D eigenvalue weighted by Gasteiger charge is 2.50. The molecule has 4 nitrogen and oxygen atoms in total. The summed E-state index contributed by atoms with van der Waals surface area (Å²) in [5.41, 5.74) is 7.54. The summed E-state index contributed by atoms with van der Waals surface area (Å²) in [6.07, 6.45) is 0. The lowest BCUT2D eigenvalue weighted by molar-refractivity contribution is -0.136. The van der Waals surface area contributed by atoms with Crippen LogP contribution < -0.4 is 5.73 Å². The third-order valence-corrected chi connectivity index (χ3v) is 4.03. The minimum absolute atomic E-state index is 0.185. The number of esters is 1. The topological polar surface area (TPSA) is 76.1 Å². The molecule has 0 aliphatic heterocycles. The van der Waals surface area contributed by atoms with Crippen LogP contribution in [0.4, 0.5) is 0 Å². The van der Waals surface area contributed by atoms with Crippen molar-refractivity contribution < 1.29 is 9.53 Å². The van der Waals surface area contributed by atoms with Gasteiger partial charge >= 0.3 is 5.97 Å². The van der Waals surface area contributed by atoms with Gasteiger partial charge in [0.1, 0.15) is 5.41 Å². The zero-order chi connectivity index (χ0) is 15.7. The molecule has 0 radical (unpaired) electrons. The van der Waals surface area contributed by atoms with Crippen LogP contribution in [0.25, 0.3) is 5.70 Å². The van der Waals surface area contributed by atoms with Gasteiger partial charge in [-0.1, -0.05) is 54.6 Å². The number of methoxy groups -OCH3 is 1. The van der Waals surface area contributed by atoms with Crippen LogP contribution in [0, 0.1) is 11.3 Å². The van der Waals surface area contributed by atoms with Crippen LogP contribution in [0.3, 0.4) is 0 Å². The molecule has 4 heteroatoms. The molecule has 0 aromatic heterocycles. The van der Waals surface area contributed by atoms with Gasteiger partial charge in [0.15, 0.2) is 0 Å². The minimum atomic E-state index is -1.24. The predicted octanol–water partition coefficient (Wildman–Crippen LogP) is 2.35. The van der Waals surface area contributed by atoms with Crippen molar-refractivity contribution in [2.45, 2.75) is 5.41 Å². The zero-order valence-corrected chi connectivity index (χ0v) is 12.0. The summed E-state index contributed by atoms with van der Waals surface area (Å²) in [6.45, 7) is 0. The fraction of sp³-hybridized carbons (Fsp3) is 0.111. The highest BCUT2D eigenvalue weighted by Crippen LogP contribution is 2.48. The molecule has 22 heavy (non-hydrogen) atoms. The molecule has 108 valence electrons. The smallest absolute Gasteiger partial charge is 0.338 e. The largest absolute Gasteiger partial charge is 0.466 e. The molecule has 0 heterocycles. The van der Waals surface area contributed by atoms with E-state index in [4.69, 9.17) is 10.5 Å². The molecular formula is C18H14N2O2. The van der Waals surface area contributed by atoms with Gasteiger partial charge in [0.25, 0.3) is 0 Å². The van der Waals surface area contributed by atoms with Gasteiger partial charge in [-0.15, -0.1) is 0 Å². The number of ether oxygens (including phenoxy) is 1. The number of carbonyl (C=O) groups is 1. The zero-order valence-electron chi connectivity index (χ0n) is 12.0.